The maximum atomic E-state index is 13.2. The Labute approximate surface area is 213 Å². The third-order valence-electron chi connectivity index (χ3n) is 5.32. The fourth-order valence-corrected chi connectivity index (χ4v) is 4.75. The molecular weight excluding hydrogens is 486 g/mol. The fourth-order valence-electron chi connectivity index (χ4n) is 3.47. The third-order valence-corrected chi connectivity index (χ3v) is 6.74. The van der Waals surface area contributed by atoms with Crippen LogP contribution in [0.4, 0.5) is 11.4 Å². The van der Waals surface area contributed by atoms with E-state index in [0.29, 0.717) is 33.9 Å². The molecule has 1 N–H and O–H groups in total. The number of carbonyl (C=O) groups excluding carboxylic acids is 2. The first-order valence-corrected chi connectivity index (χ1v) is 12.1. The van der Waals surface area contributed by atoms with Gasteiger partial charge in [-0.2, -0.15) is 0 Å². The van der Waals surface area contributed by atoms with Gasteiger partial charge in [0, 0.05) is 17.1 Å². The average Bonchev–Trinajstić information content (AvgIpc) is 2.86. The van der Waals surface area contributed by atoms with E-state index in [1.165, 1.54) is 11.8 Å². The van der Waals surface area contributed by atoms with E-state index in [1.807, 2.05) is 24.3 Å². The van der Waals surface area contributed by atoms with Crippen molar-refractivity contribution < 1.29 is 19.1 Å². The molecule has 1 atom stereocenters. The van der Waals surface area contributed by atoms with Crippen LogP contribution in [0, 0.1) is 0 Å². The van der Waals surface area contributed by atoms with Crippen molar-refractivity contribution in [3.63, 3.8) is 0 Å². The van der Waals surface area contributed by atoms with Gasteiger partial charge >= 0.3 is 0 Å². The normalized spacial score (nSPS) is 16.8. The molecule has 1 heterocycles. The summed E-state index contributed by atoms with van der Waals surface area (Å²) in [6.07, 6.45) is 0.0504. The predicted molar refractivity (Wildman–Crippen MR) is 140 cm³/mol. The molecule has 0 spiro atoms. The molecule has 1 saturated heterocycles. The quantitative estimate of drug-likeness (QED) is 0.453. The molecule has 4 rings (SSSR count). The van der Waals surface area contributed by atoms with Gasteiger partial charge < -0.3 is 14.8 Å². The van der Waals surface area contributed by atoms with Gasteiger partial charge in [0.1, 0.15) is 16.7 Å². The molecule has 0 aromatic heterocycles. The number of anilines is 1. The number of ether oxygens (including phenoxy) is 2. The molecule has 9 heteroatoms. The second kappa shape index (κ2) is 11.3. The van der Waals surface area contributed by atoms with Gasteiger partial charge in [-0.05, 0) is 60.2 Å². The summed E-state index contributed by atoms with van der Waals surface area (Å²) < 4.78 is 10.4. The zero-order valence-corrected chi connectivity index (χ0v) is 20.8. The highest BCUT2D eigenvalue weighted by atomic mass is 35.5. The van der Waals surface area contributed by atoms with Crippen LogP contribution in [0.1, 0.15) is 12.0 Å². The number of thioether (sulfide) groups is 1. The van der Waals surface area contributed by atoms with Crippen molar-refractivity contribution in [2.45, 2.75) is 18.2 Å². The van der Waals surface area contributed by atoms with Crippen LogP contribution < -0.4 is 14.8 Å². The average molecular weight is 510 g/mol. The van der Waals surface area contributed by atoms with Crippen LogP contribution in [-0.4, -0.2) is 41.4 Å². The van der Waals surface area contributed by atoms with Gasteiger partial charge in [-0.3, -0.25) is 14.5 Å². The maximum absolute atomic E-state index is 13.2. The third kappa shape index (κ3) is 6.35. The number of nitrogens with one attached hydrogen (secondary N) is 1. The predicted octanol–water partition coefficient (Wildman–Crippen LogP) is 5.52. The lowest BCUT2D eigenvalue weighted by Crippen LogP contribution is -2.44. The number of carbonyl (C=O) groups is 2. The zero-order chi connectivity index (χ0) is 24.8. The van der Waals surface area contributed by atoms with Gasteiger partial charge in [0.2, 0.25) is 11.8 Å². The lowest BCUT2D eigenvalue weighted by Gasteiger charge is -2.32. The van der Waals surface area contributed by atoms with E-state index in [-0.39, 0.29) is 18.2 Å². The molecule has 0 saturated carbocycles. The van der Waals surface area contributed by atoms with Crippen LogP contribution >= 0.6 is 23.4 Å². The number of aliphatic imine (C=N–C) groups is 1. The highest BCUT2D eigenvalue weighted by Gasteiger charge is 2.36. The first-order valence-electron chi connectivity index (χ1n) is 10.8. The zero-order valence-electron chi connectivity index (χ0n) is 19.2. The lowest BCUT2D eigenvalue weighted by atomic mass is 10.2. The Kier molecular flexibility index (Phi) is 7.94. The molecule has 35 heavy (non-hydrogen) atoms. The first kappa shape index (κ1) is 24.6. The monoisotopic (exact) mass is 509 g/mol. The number of halogens is 1. The number of methoxy groups -OCH3 is 2. The Bertz CT molecular complexity index is 1230. The number of hydrogen-bond acceptors (Lipinski definition) is 6. The summed E-state index contributed by atoms with van der Waals surface area (Å²) in [4.78, 5) is 32.6. The van der Waals surface area contributed by atoms with E-state index >= 15 is 0 Å². The summed E-state index contributed by atoms with van der Waals surface area (Å²) >= 11 is 7.29. The molecule has 2 amide bonds. The Balaban J connectivity index is 1.59. The van der Waals surface area contributed by atoms with Crippen molar-refractivity contribution in [3.05, 3.63) is 83.4 Å². The summed E-state index contributed by atoms with van der Waals surface area (Å²) in [5, 5.41) is 3.18. The van der Waals surface area contributed by atoms with E-state index in [0.717, 1.165) is 11.3 Å². The molecule has 1 aliphatic rings. The van der Waals surface area contributed by atoms with Crippen LogP contribution in [0.25, 0.3) is 0 Å². The van der Waals surface area contributed by atoms with Crippen molar-refractivity contribution in [1.29, 1.82) is 0 Å². The van der Waals surface area contributed by atoms with E-state index in [4.69, 9.17) is 26.1 Å². The molecule has 3 aromatic carbocycles. The van der Waals surface area contributed by atoms with Gasteiger partial charge in [0.25, 0.3) is 0 Å². The number of rotatable bonds is 7. The number of hydrogen-bond donors (Lipinski definition) is 1. The smallest absolute Gasteiger partial charge is 0.238 e. The minimum Gasteiger partial charge on any atom is -0.497 e. The summed E-state index contributed by atoms with van der Waals surface area (Å²) in [5.41, 5.74) is 2.14. The van der Waals surface area contributed by atoms with Crippen LogP contribution in [0.5, 0.6) is 11.5 Å². The molecule has 0 bridgehead atoms. The Morgan fingerprint density at radius 2 is 1.71 bits per heavy atom. The summed E-state index contributed by atoms with van der Waals surface area (Å²) in [6, 6.07) is 21.6. The molecule has 0 unspecified atom stereocenters. The van der Waals surface area contributed by atoms with Crippen LogP contribution in [-0.2, 0) is 16.1 Å². The largest absolute Gasteiger partial charge is 0.497 e. The molecule has 1 aliphatic heterocycles. The number of benzene rings is 3. The highest BCUT2D eigenvalue weighted by Crippen LogP contribution is 2.32. The van der Waals surface area contributed by atoms with Gasteiger partial charge in [-0.25, -0.2) is 4.99 Å². The second-order valence-electron chi connectivity index (χ2n) is 7.73. The van der Waals surface area contributed by atoms with Crippen LogP contribution in [0.3, 0.4) is 0 Å². The minimum absolute atomic E-state index is 0.0504. The molecule has 3 aromatic rings. The molecule has 7 nitrogen and oxygen atoms in total. The number of amidine groups is 1. The van der Waals surface area contributed by atoms with Gasteiger partial charge in [-0.15, -0.1) is 0 Å². The van der Waals surface area contributed by atoms with Gasteiger partial charge in [-0.1, -0.05) is 41.6 Å². The Morgan fingerprint density at radius 1 is 1.06 bits per heavy atom. The van der Waals surface area contributed by atoms with Crippen molar-refractivity contribution in [1.82, 2.24) is 4.90 Å². The molecular formula is C26H24ClN3O4S. The first-order chi connectivity index (χ1) is 16.9. The SMILES string of the molecule is COc1ccc(CN2C(=O)C[C@@H](C(=O)Nc3cccc(Cl)c3)SC2=Nc2ccc(OC)cc2)cc1. The van der Waals surface area contributed by atoms with E-state index in [2.05, 4.69) is 5.32 Å². The van der Waals surface area contributed by atoms with Crippen molar-refractivity contribution in [2.24, 2.45) is 4.99 Å². The molecule has 0 radical (unpaired) electrons. The standard InChI is InChI=1S/C26H24ClN3O4S/c1-33-21-10-6-17(7-11-21)16-30-24(31)15-23(25(32)28-20-5-3-4-18(27)14-20)35-26(30)29-19-8-12-22(34-2)13-9-19/h3-14,23H,15-16H2,1-2H3,(H,28,32)/t23-/m0/s1. The molecule has 1 fully saturated rings. The molecule has 0 aliphatic carbocycles. The number of nitrogens with zero attached hydrogens (tertiary/aromatic N) is 2. The van der Waals surface area contributed by atoms with Crippen molar-refractivity contribution >= 4 is 51.7 Å². The highest BCUT2D eigenvalue weighted by molar-refractivity contribution is 8.15. The summed E-state index contributed by atoms with van der Waals surface area (Å²) in [6.45, 7) is 0.327. The fraction of sp³-hybridized carbons (Fsp3) is 0.192. The maximum Gasteiger partial charge on any atom is 0.238 e. The van der Waals surface area contributed by atoms with Gasteiger partial charge in [0.05, 0.1) is 26.5 Å². The number of amides is 2. The van der Waals surface area contributed by atoms with Crippen molar-refractivity contribution in [3.8, 4) is 11.5 Å². The van der Waals surface area contributed by atoms with Gasteiger partial charge in [0.15, 0.2) is 5.17 Å². The van der Waals surface area contributed by atoms with E-state index < -0.39 is 5.25 Å². The summed E-state index contributed by atoms with van der Waals surface area (Å²) in [5.74, 6) is 0.975. The van der Waals surface area contributed by atoms with E-state index in [1.54, 1.807) is 67.7 Å². The lowest BCUT2D eigenvalue weighted by molar-refractivity contribution is -0.129. The Hall–Kier alpha value is -3.49. The molecule has 180 valence electrons. The minimum atomic E-state index is -0.634. The topological polar surface area (TPSA) is 80.2 Å². The second-order valence-corrected chi connectivity index (χ2v) is 9.34. The van der Waals surface area contributed by atoms with Crippen LogP contribution in [0.15, 0.2) is 77.8 Å². The Morgan fingerprint density at radius 3 is 2.34 bits per heavy atom. The van der Waals surface area contributed by atoms with Crippen LogP contribution in [0.2, 0.25) is 5.02 Å². The van der Waals surface area contributed by atoms with Crippen molar-refractivity contribution in [2.75, 3.05) is 19.5 Å². The van der Waals surface area contributed by atoms with E-state index in [9.17, 15) is 9.59 Å². The summed E-state index contributed by atoms with van der Waals surface area (Å²) in [7, 11) is 3.20.